The minimum absolute atomic E-state index is 0.0359. The van der Waals surface area contributed by atoms with Crippen molar-refractivity contribution in [1.82, 2.24) is 5.32 Å². The molecule has 0 atom stereocenters. The Morgan fingerprint density at radius 3 is 2.88 bits per heavy atom. The molecule has 84 valence electrons. The van der Waals surface area contributed by atoms with E-state index < -0.39 is 0 Å². The SMILES string of the molecule is CNC(=O)c1cc(C)ccc1C#CCCO. The second kappa shape index (κ2) is 5.94. The fourth-order valence-corrected chi connectivity index (χ4v) is 1.30. The van der Waals surface area contributed by atoms with Crippen LogP contribution in [-0.4, -0.2) is 24.7 Å². The number of aliphatic hydroxyl groups is 1. The summed E-state index contributed by atoms with van der Waals surface area (Å²) in [5.74, 6) is 5.55. The molecule has 1 aromatic carbocycles. The average molecular weight is 217 g/mol. The van der Waals surface area contributed by atoms with Crippen molar-refractivity contribution < 1.29 is 9.90 Å². The highest BCUT2D eigenvalue weighted by Crippen LogP contribution is 2.10. The number of aliphatic hydroxyl groups excluding tert-OH is 1. The number of rotatable bonds is 2. The standard InChI is InChI=1S/C13H15NO2/c1-10-6-7-11(5-3-4-8-15)12(9-10)13(16)14-2/h6-7,9,15H,4,8H2,1-2H3,(H,14,16). The zero-order chi connectivity index (χ0) is 12.0. The molecule has 0 aliphatic rings. The van der Waals surface area contributed by atoms with Crippen LogP contribution in [0.2, 0.25) is 0 Å². The first-order chi connectivity index (χ1) is 7.69. The lowest BCUT2D eigenvalue weighted by Crippen LogP contribution is -2.19. The zero-order valence-corrected chi connectivity index (χ0v) is 9.50. The normalized spacial score (nSPS) is 9.19. The first-order valence-electron chi connectivity index (χ1n) is 5.11. The number of hydrogen-bond donors (Lipinski definition) is 2. The molecular weight excluding hydrogens is 202 g/mol. The molecule has 0 spiro atoms. The highest BCUT2D eigenvalue weighted by molar-refractivity contribution is 5.96. The number of carbonyl (C=O) groups is 1. The summed E-state index contributed by atoms with van der Waals surface area (Å²) < 4.78 is 0. The first-order valence-corrected chi connectivity index (χ1v) is 5.11. The van der Waals surface area contributed by atoms with Gasteiger partial charge in [-0.3, -0.25) is 4.79 Å². The molecule has 0 saturated carbocycles. The van der Waals surface area contributed by atoms with Gasteiger partial charge in [0.1, 0.15) is 0 Å². The van der Waals surface area contributed by atoms with Gasteiger partial charge in [0.2, 0.25) is 0 Å². The molecule has 3 nitrogen and oxygen atoms in total. The van der Waals surface area contributed by atoms with Crippen LogP contribution in [0.3, 0.4) is 0 Å². The molecular formula is C13H15NO2. The van der Waals surface area contributed by atoms with Crippen LogP contribution in [0.1, 0.15) is 27.9 Å². The highest BCUT2D eigenvalue weighted by Gasteiger charge is 2.07. The lowest BCUT2D eigenvalue weighted by Gasteiger charge is -2.04. The quantitative estimate of drug-likeness (QED) is 0.728. The molecule has 0 saturated heterocycles. The van der Waals surface area contributed by atoms with Crippen molar-refractivity contribution >= 4 is 5.91 Å². The molecule has 0 heterocycles. The molecule has 0 fully saturated rings. The molecule has 0 radical (unpaired) electrons. The lowest BCUT2D eigenvalue weighted by molar-refractivity contribution is 0.0963. The number of benzene rings is 1. The van der Waals surface area contributed by atoms with Crippen molar-refractivity contribution in [3.63, 3.8) is 0 Å². The van der Waals surface area contributed by atoms with Crippen LogP contribution in [0.5, 0.6) is 0 Å². The van der Waals surface area contributed by atoms with Gasteiger partial charge in [-0.1, -0.05) is 23.5 Å². The van der Waals surface area contributed by atoms with Crippen molar-refractivity contribution in [3.05, 3.63) is 34.9 Å². The summed E-state index contributed by atoms with van der Waals surface area (Å²) in [5, 5.41) is 11.2. The van der Waals surface area contributed by atoms with E-state index in [1.807, 2.05) is 25.1 Å². The van der Waals surface area contributed by atoms with E-state index in [-0.39, 0.29) is 12.5 Å². The van der Waals surface area contributed by atoms with Crippen molar-refractivity contribution in [2.75, 3.05) is 13.7 Å². The van der Waals surface area contributed by atoms with Gasteiger partial charge in [0.05, 0.1) is 12.2 Å². The Bertz CT molecular complexity index is 441. The molecule has 0 bridgehead atoms. The van der Waals surface area contributed by atoms with E-state index in [0.29, 0.717) is 17.5 Å². The monoisotopic (exact) mass is 217 g/mol. The molecule has 0 aromatic heterocycles. The minimum Gasteiger partial charge on any atom is -0.395 e. The van der Waals surface area contributed by atoms with Crippen LogP contribution in [-0.2, 0) is 0 Å². The molecule has 1 aromatic rings. The van der Waals surface area contributed by atoms with Crippen LogP contribution < -0.4 is 5.32 Å². The van der Waals surface area contributed by atoms with Crippen LogP contribution >= 0.6 is 0 Å². The van der Waals surface area contributed by atoms with E-state index in [4.69, 9.17) is 5.11 Å². The van der Waals surface area contributed by atoms with Crippen molar-refractivity contribution in [2.24, 2.45) is 0 Å². The van der Waals surface area contributed by atoms with Crippen molar-refractivity contribution in [3.8, 4) is 11.8 Å². The molecule has 0 aliphatic carbocycles. The Balaban J connectivity index is 3.09. The zero-order valence-electron chi connectivity index (χ0n) is 9.50. The van der Waals surface area contributed by atoms with Gasteiger partial charge in [-0.25, -0.2) is 0 Å². The van der Waals surface area contributed by atoms with Gasteiger partial charge < -0.3 is 10.4 Å². The maximum Gasteiger partial charge on any atom is 0.252 e. The predicted octanol–water partition coefficient (Wildman–Crippen LogP) is 1.09. The number of aryl methyl sites for hydroxylation is 1. The van der Waals surface area contributed by atoms with Crippen LogP contribution in [0.15, 0.2) is 18.2 Å². The van der Waals surface area contributed by atoms with E-state index >= 15 is 0 Å². The predicted molar refractivity (Wildman–Crippen MR) is 63.2 cm³/mol. The van der Waals surface area contributed by atoms with Crippen molar-refractivity contribution in [2.45, 2.75) is 13.3 Å². The third-order valence-electron chi connectivity index (χ3n) is 2.11. The van der Waals surface area contributed by atoms with Crippen LogP contribution in [0.25, 0.3) is 0 Å². The molecule has 16 heavy (non-hydrogen) atoms. The molecule has 1 rings (SSSR count). The van der Waals surface area contributed by atoms with Gasteiger partial charge in [-0.05, 0) is 19.1 Å². The maximum absolute atomic E-state index is 11.6. The number of nitrogens with one attached hydrogen (secondary N) is 1. The topological polar surface area (TPSA) is 49.3 Å². The Morgan fingerprint density at radius 1 is 1.50 bits per heavy atom. The highest BCUT2D eigenvalue weighted by atomic mass is 16.2. The second-order valence-electron chi connectivity index (χ2n) is 3.40. The summed E-state index contributed by atoms with van der Waals surface area (Å²) >= 11 is 0. The molecule has 0 unspecified atom stereocenters. The second-order valence-corrected chi connectivity index (χ2v) is 3.40. The van der Waals surface area contributed by atoms with Gasteiger partial charge in [-0.2, -0.15) is 0 Å². The smallest absolute Gasteiger partial charge is 0.252 e. The molecule has 3 heteroatoms. The molecule has 2 N–H and O–H groups in total. The minimum atomic E-state index is -0.142. The maximum atomic E-state index is 11.6. The van der Waals surface area contributed by atoms with Gasteiger partial charge in [0, 0.05) is 19.0 Å². The summed E-state index contributed by atoms with van der Waals surface area (Å²) in [6.45, 7) is 1.96. The fourth-order valence-electron chi connectivity index (χ4n) is 1.30. The third-order valence-corrected chi connectivity index (χ3v) is 2.11. The fraction of sp³-hybridized carbons (Fsp3) is 0.308. The Kier molecular flexibility index (Phi) is 4.56. The largest absolute Gasteiger partial charge is 0.395 e. The lowest BCUT2D eigenvalue weighted by atomic mass is 10.0. The summed E-state index contributed by atoms with van der Waals surface area (Å²) in [6, 6.07) is 5.54. The summed E-state index contributed by atoms with van der Waals surface area (Å²) in [6.07, 6.45) is 0.418. The van der Waals surface area contributed by atoms with E-state index in [1.54, 1.807) is 7.05 Å². The number of carbonyl (C=O) groups excluding carboxylic acids is 1. The van der Waals surface area contributed by atoms with Gasteiger partial charge in [0.15, 0.2) is 0 Å². The van der Waals surface area contributed by atoms with Crippen LogP contribution in [0.4, 0.5) is 0 Å². The third kappa shape index (κ3) is 3.11. The van der Waals surface area contributed by atoms with E-state index in [0.717, 1.165) is 5.56 Å². The van der Waals surface area contributed by atoms with E-state index in [1.165, 1.54) is 0 Å². The van der Waals surface area contributed by atoms with Crippen LogP contribution in [0, 0.1) is 18.8 Å². The van der Waals surface area contributed by atoms with E-state index in [9.17, 15) is 4.79 Å². The number of amides is 1. The Labute approximate surface area is 95.5 Å². The Hall–Kier alpha value is -1.79. The summed E-state index contributed by atoms with van der Waals surface area (Å²) in [5.41, 5.74) is 2.29. The Morgan fingerprint density at radius 2 is 2.25 bits per heavy atom. The summed E-state index contributed by atoms with van der Waals surface area (Å²) in [4.78, 5) is 11.6. The van der Waals surface area contributed by atoms with Crippen molar-refractivity contribution in [1.29, 1.82) is 0 Å². The molecule has 0 aliphatic heterocycles. The van der Waals surface area contributed by atoms with Gasteiger partial charge in [-0.15, -0.1) is 0 Å². The summed E-state index contributed by atoms with van der Waals surface area (Å²) in [7, 11) is 1.59. The van der Waals surface area contributed by atoms with Gasteiger partial charge in [0.25, 0.3) is 5.91 Å². The first kappa shape index (κ1) is 12.3. The average Bonchev–Trinajstić information content (AvgIpc) is 2.30. The molecule has 1 amide bonds. The number of hydrogen-bond acceptors (Lipinski definition) is 2. The van der Waals surface area contributed by atoms with Gasteiger partial charge >= 0.3 is 0 Å². The van der Waals surface area contributed by atoms with E-state index in [2.05, 4.69) is 17.2 Å².